The Morgan fingerprint density at radius 1 is 1.55 bits per heavy atom. The molecule has 0 aliphatic carbocycles. The van der Waals surface area contributed by atoms with Gasteiger partial charge < -0.3 is 11.1 Å². The van der Waals surface area contributed by atoms with Crippen molar-refractivity contribution in [2.24, 2.45) is 5.73 Å². The molecule has 0 rings (SSSR count). The number of rotatable bonds is 3. The Labute approximate surface area is 64.5 Å². The quantitative estimate of drug-likeness (QED) is 0.393. The van der Waals surface area contributed by atoms with Crippen LogP contribution in [0.5, 0.6) is 0 Å². The SMILES string of the molecule is C#CCNC(=O)C=CC(N)=O. The highest BCUT2D eigenvalue weighted by atomic mass is 16.2. The van der Waals surface area contributed by atoms with E-state index in [9.17, 15) is 9.59 Å². The van der Waals surface area contributed by atoms with Gasteiger partial charge in [-0.25, -0.2) is 0 Å². The molecule has 0 heterocycles. The molecule has 11 heavy (non-hydrogen) atoms. The van der Waals surface area contributed by atoms with Crippen LogP contribution in [-0.2, 0) is 9.59 Å². The molecule has 0 aliphatic rings. The van der Waals surface area contributed by atoms with Gasteiger partial charge in [0.15, 0.2) is 0 Å². The highest BCUT2D eigenvalue weighted by Crippen LogP contribution is 1.71. The van der Waals surface area contributed by atoms with Gasteiger partial charge in [-0.15, -0.1) is 6.42 Å². The molecule has 0 bridgehead atoms. The summed E-state index contributed by atoms with van der Waals surface area (Å²) in [6.45, 7) is 0.141. The van der Waals surface area contributed by atoms with Crippen molar-refractivity contribution in [1.29, 1.82) is 0 Å². The van der Waals surface area contributed by atoms with Gasteiger partial charge in [0.05, 0.1) is 6.54 Å². The van der Waals surface area contributed by atoms with Gasteiger partial charge in [-0.1, -0.05) is 5.92 Å². The van der Waals surface area contributed by atoms with E-state index < -0.39 is 11.8 Å². The lowest BCUT2D eigenvalue weighted by atomic mass is 10.4. The number of hydrogen-bond acceptors (Lipinski definition) is 2. The number of amides is 2. The van der Waals surface area contributed by atoms with Gasteiger partial charge in [0, 0.05) is 12.2 Å². The van der Waals surface area contributed by atoms with E-state index in [1.165, 1.54) is 0 Å². The third-order valence-corrected chi connectivity index (χ3v) is 0.764. The van der Waals surface area contributed by atoms with Gasteiger partial charge in [-0.2, -0.15) is 0 Å². The highest BCUT2D eigenvalue weighted by Gasteiger charge is 1.91. The van der Waals surface area contributed by atoms with Crippen LogP contribution in [0.15, 0.2) is 12.2 Å². The summed E-state index contributed by atoms with van der Waals surface area (Å²) in [5, 5.41) is 2.32. The normalized spacial score (nSPS) is 9.00. The minimum atomic E-state index is -0.666. The van der Waals surface area contributed by atoms with E-state index in [1.807, 2.05) is 0 Å². The van der Waals surface area contributed by atoms with Gasteiger partial charge in [-0.05, 0) is 0 Å². The molecule has 58 valence electrons. The fraction of sp³-hybridized carbons (Fsp3) is 0.143. The molecule has 4 nitrogen and oxygen atoms in total. The second-order valence-corrected chi connectivity index (χ2v) is 1.66. The number of terminal acetylenes is 1. The molecule has 3 N–H and O–H groups in total. The standard InChI is InChI=1S/C7H8N2O2/c1-2-5-9-7(11)4-3-6(8)10/h1,3-4H,5H2,(H2,8,10)(H,9,11). The zero-order chi connectivity index (χ0) is 8.69. The van der Waals surface area contributed by atoms with Crippen LogP contribution >= 0.6 is 0 Å². The van der Waals surface area contributed by atoms with Crippen LogP contribution < -0.4 is 11.1 Å². The Morgan fingerprint density at radius 2 is 2.18 bits per heavy atom. The number of nitrogens with one attached hydrogen (secondary N) is 1. The number of nitrogens with two attached hydrogens (primary N) is 1. The van der Waals surface area contributed by atoms with Gasteiger partial charge in [-0.3, -0.25) is 9.59 Å². The van der Waals surface area contributed by atoms with Gasteiger partial charge in [0.25, 0.3) is 0 Å². The molecule has 0 spiro atoms. The van der Waals surface area contributed by atoms with Crippen molar-refractivity contribution >= 4 is 11.8 Å². The van der Waals surface area contributed by atoms with E-state index in [-0.39, 0.29) is 6.54 Å². The van der Waals surface area contributed by atoms with Crippen molar-refractivity contribution in [3.63, 3.8) is 0 Å². The lowest BCUT2D eigenvalue weighted by Gasteiger charge is -1.91. The van der Waals surface area contributed by atoms with Gasteiger partial charge in [0.2, 0.25) is 11.8 Å². The van der Waals surface area contributed by atoms with E-state index in [2.05, 4.69) is 11.2 Å². The molecule has 0 aromatic heterocycles. The maximum Gasteiger partial charge on any atom is 0.244 e. The lowest BCUT2D eigenvalue weighted by molar-refractivity contribution is -0.117. The molecule has 0 fully saturated rings. The summed E-state index contributed by atoms with van der Waals surface area (Å²) in [5.74, 6) is 1.11. The Kier molecular flexibility index (Phi) is 4.25. The van der Waals surface area contributed by atoms with Crippen LogP contribution in [-0.4, -0.2) is 18.4 Å². The third kappa shape index (κ3) is 6.12. The Hall–Kier alpha value is -1.76. The third-order valence-electron chi connectivity index (χ3n) is 0.764. The van der Waals surface area contributed by atoms with Crippen molar-refractivity contribution in [1.82, 2.24) is 5.32 Å². The summed E-state index contributed by atoms with van der Waals surface area (Å²) in [4.78, 5) is 20.7. The minimum Gasteiger partial charge on any atom is -0.366 e. The van der Waals surface area contributed by atoms with E-state index in [0.29, 0.717) is 0 Å². The molecular weight excluding hydrogens is 144 g/mol. The Balaban J connectivity index is 3.71. The smallest absolute Gasteiger partial charge is 0.244 e. The van der Waals surface area contributed by atoms with Crippen LogP contribution in [0, 0.1) is 12.3 Å². The molecule has 4 heteroatoms. The second kappa shape index (κ2) is 5.06. The monoisotopic (exact) mass is 152 g/mol. The number of primary amides is 1. The summed E-state index contributed by atoms with van der Waals surface area (Å²) in [6.07, 6.45) is 6.84. The molecular formula is C7H8N2O2. The zero-order valence-corrected chi connectivity index (χ0v) is 5.83. The summed E-state index contributed by atoms with van der Waals surface area (Å²) in [6, 6.07) is 0. The van der Waals surface area contributed by atoms with Crippen LogP contribution in [0.2, 0.25) is 0 Å². The number of carbonyl (C=O) groups is 2. The maximum absolute atomic E-state index is 10.6. The van der Waals surface area contributed by atoms with Crippen LogP contribution in [0.4, 0.5) is 0 Å². The topological polar surface area (TPSA) is 72.2 Å². The summed E-state index contributed by atoms with van der Waals surface area (Å²) in [5.41, 5.74) is 4.72. The number of hydrogen-bond donors (Lipinski definition) is 2. The largest absolute Gasteiger partial charge is 0.366 e. The van der Waals surface area contributed by atoms with E-state index in [1.54, 1.807) is 0 Å². The van der Waals surface area contributed by atoms with Crippen LogP contribution in [0.3, 0.4) is 0 Å². The molecule has 0 radical (unpaired) electrons. The van der Waals surface area contributed by atoms with Crippen LogP contribution in [0.25, 0.3) is 0 Å². The minimum absolute atomic E-state index is 0.141. The first-order valence-corrected chi connectivity index (χ1v) is 2.85. The van der Waals surface area contributed by atoms with Crippen LogP contribution in [0.1, 0.15) is 0 Å². The predicted molar refractivity (Wildman–Crippen MR) is 40.2 cm³/mol. The average Bonchev–Trinajstić information content (AvgIpc) is 1.97. The molecule has 0 atom stereocenters. The Morgan fingerprint density at radius 3 is 2.64 bits per heavy atom. The molecule has 0 aliphatic heterocycles. The lowest BCUT2D eigenvalue weighted by Crippen LogP contribution is -2.21. The first-order valence-electron chi connectivity index (χ1n) is 2.85. The van der Waals surface area contributed by atoms with Gasteiger partial charge >= 0.3 is 0 Å². The molecule has 0 unspecified atom stereocenters. The number of carbonyl (C=O) groups excluding carboxylic acids is 2. The first-order chi connectivity index (χ1) is 5.16. The Bertz CT molecular complexity index is 225. The summed E-state index contributed by atoms with van der Waals surface area (Å²) in [7, 11) is 0. The van der Waals surface area contributed by atoms with E-state index in [4.69, 9.17) is 12.2 Å². The highest BCUT2D eigenvalue weighted by molar-refractivity contribution is 5.95. The average molecular weight is 152 g/mol. The van der Waals surface area contributed by atoms with E-state index in [0.717, 1.165) is 12.2 Å². The van der Waals surface area contributed by atoms with Crippen molar-refractivity contribution in [3.8, 4) is 12.3 Å². The van der Waals surface area contributed by atoms with Crippen molar-refractivity contribution < 1.29 is 9.59 Å². The fourth-order valence-corrected chi connectivity index (χ4v) is 0.355. The second-order valence-electron chi connectivity index (χ2n) is 1.66. The molecule has 0 aromatic carbocycles. The fourth-order valence-electron chi connectivity index (χ4n) is 0.355. The summed E-state index contributed by atoms with van der Waals surface area (Å²) < 4.78 is 0. The summed E-state index contributed by atoms with van der Waals surface area (Å²) >= 11 is 0. The van der Waals surface area contributed by atoms with Crippen molar-refractivity contribution in [2.45, 2.75) is 0 Å². The maximum atomic E-state index is 10.6. The molecule has 0 aromatic rings. The van der Waals surface area contributed by atoms with E-state index >= 15 is 0 Å². The van der Waals surface area contributed by atoms with Gasteiger partial charge in [0.1, 0.15) is 0 Å². The van der Waals surface area contributed by atoms with Crippen molar-refractivity contribution in [2.75, 3.05) is 6.54 Å². The first kappa shape index (κ1) is 9.24. The molecule has 0 saturated carbocycles. The van der Waals surface area contributed by atoms with Crippen molar-refractivity contribution in [3.05, 3.63) is 12.2 Å². The predicted octanol–water partition coefficient (Wildman–Crippen LogP) is -1.22. The molecule has 0 saturated heterocycles. The molecule has 2 amide bonds. The zero-order valence-electron chi connectivity index (χ0n) is 5.83.